The summed E-state index contributed by atoms with van der Waals surface area (Å²) in [6.07, 6.45) is 9.88. The predicted molar refractivity (Wildman–Crippen MR) is 92.0 cm³/mol. The van der Waals surface area contributed by atoms with E-state index in [1.807, 2.05) is 42.5 Å². The molecule has 1 aromatic carbocycles. The van der Waals surface area contributed by atoms with Crippen molar-refractivity contribution >= 4 is 12.0 Å². The summed E-state index contributed by atoms with van der Waals surface area (Å²) in [4.78, 5) is 11.9. The molecule has 1 aliphatic rings. The molecule has 2 aromatic rings. The molecule has 0 bridgehead atoms. The Bertz CT molecular complexity index is 673. The van der Waals surface area contributed by atoms with Gasteiger partial charge in [-0.25, -0.2) is 0 Å². The highest BCUT2D eigenvalue weighted by Gasteiger charge is 2.16. The van der Waals surface area contributed by atoms with Crippen LogP contribution in [0.1, 0.15) is 41.8 Å². The Morgan fingerprint density at radius 3 is 2.91 bits per heavy atom. The number of aryl methyl sites for hydroxylation is 2. The summed E-state index contributed by atoms with van der Waals surface area (Å²) in [6.45, 7) is 0.562. The second kappa shape index (κ2) is 7.77. The molecule has 120 valence electrons. The number of nitrogens with zero attached hydrogens (tertiary/aromatic N) is 1. The van der Waals surface area contributed by atoms with Gasteiger partial charge in [0.2, 0.25) is 5.91 Å². The SMILES string of the molecule is O=C(CCc1n[nH]c2c1CCCC2)NC/C=C/c1ccccc1. The molecule has 4 heteroatoms. The lowest BCUT2D eigenvalue weighted by atomic mass is 9.95. The Labute approximate surface area is 137 Å². The number of nitrogens with one attached hydrogen (secondary N) is 2. The average Bonchev–Trinajstić information content (AvgIpc) is 3.01. The molecule has 23 heavy (non-hydrogen) atoms. The lowest BCUT2D eigenvalue weighted by Gasteiger charge is -2.10. The minimum atomic E-state index is 0.0790. The van der Waals surface area contributed by atoms with Crippen LogP contribution < -0.4 is 5.32 Å². The number of hydrogen-bond acceptors (Lipinski definition) is 2. The van der Waals surface area contributed by atoms with Gasteiger partial charge in [-0.1, -0.05) is 42.5 Å². The molecule has 0 atom stereocenters. The molecule has 2 N–H and O–H groups in total. The summed E-state index contributed by atoms with van der Waals surface area (Å²) in [6, 6.07) is 10.1. The topological polar surface area (TPSA) is 57.8 Å². The van der Waals surface area contributed by atoms with Crippen molar-refractivity contribution in [1.29, 1.82) is 0 Å². The number of carbonyl (C=O) groups excluding carboxylic acids is 1. The van der Waals surface area contributed by atoms with Crippen molar-refractivity contribution in [2.75, 3.05) is 6.54 Å². The number of benzene rings is 1. The second-order valence-electron chi connectivity index (χ2n) is 5.95. The first-order chi connectivity index (χ1) is 11.3. The van der Waals surface area contributed by atoms with Crippen LogP contribution >= 0.6 is 0 Å². The lowest BCUT2D eigenvalue weighted by molar-refractivity contribution is -0.120. The predicted octanol–water partition coefficient (Wildman–Crippen LogP) is 3.05. The van der Waals surface area contributed by atoms with E-state index in [1.54, 1.807) is 0 Å². The van der Waals surface area contributed by atoms with Gasteiger partial charge in [-0.3, -0.25) is 9.89 Å². The van der Waals surface area contributed by atoms with Gasteiger partial charge in [0.05, 0.1) is 5.69 Å². The molecular weight excluding hydrogens is 286 g/mol. The van der Waals surface area contributed by atoms with Crippen LogP contribution in [0.4, 0.5) is 0 Å². The number of aromatic nitrogens is 2. The first-order valence-electron chi connectivity index (χ1n) is 8.36. The van der Waals surface area contributed by atoms with Crippen LogP contribution in [0.5, 0.6) is 0 Å². The number of carbonyl (C=O) groups is 1. The molecule has 1 heterocycles. The monoisotopic (exact) mass is 309 g/mol. The number of H-pyrrole nitrogens is 1. The smallest absolute Gasteiger partial charge is 0.220 e. The van der Waals surface area contributed by atoms with Crippen molar-refractivity contribution in [2.45, 2.75) is 38.5 Å². The van der Waals surface area contributed by atoms with E-state index >= 15 is 0 Å². The first kappa shape index (κ1) is 15.5. The van der Waals surface area contributed by atoms with Crippen LogP contribution in [-0.2, 0) is 24.1 Å². The average molecular weight is 309 g/mol. The van der Waals surface area contributed by atoms with Crippen LogP contribution in [0.3, 0.4) is 0 Å². The highest BCUT2D eigenvalue weighted by Crippen LogP contribution is 2.22. The fourth-order valence-corrected chi connectivity index (χ4v) is 3.01. The fourth-order valence-electron chi connectivity index (χ4n) is 3.01. The molecule has 0 saturated heterocycles. The summed E-state index contributed by atoms with van der Waals surface area (Å²) in [5.41, 5.74) is 4.85. The molecule has 0 unspecified atom stereocenters. The Hall–Kier alpha value is -2.36. The van der Waals surface area contributed by atoms with Crippen molar-refractivity contribution in [3.63, 3.8) is 0 Å². The van der Waals surface area contributed by atoms with Crippen molar-refractivity contribution < 1.29 is 4.79 Å². The number of hydrogen-bond donors (Lipinski definition) is 2. The molecular formula is C19H23N3O. The summed E-state index contributed by atoms with van der Waals surface area (Å²) < 4.78 is 0. The Morgan fingerprint density at radius 2 is 2.04 bits per heavy atom. The number of amides is 1. The summed E-state index contributed by atoms with van der Waals surface area (Å²) in [5.74, 6) is 0.0790. The molecule has 1 amide bonds. The minimum absolute atomic E-state index is 0.0790. The molecule has 0 aliphatic heterocycles. The standard InChI is InChI=1S/C19H23N3O/c23-19(20-14-6-9-15-7-2-1-3-8-15)13-12-18-16-10-4-5-11-17(16)21-22-18/h1-3,6-9H,4-5,10-14H2,(H,20,23)(H,21,22)/b9-6+. The maximum absolute atomic E-state index is 11.9. The van der Waals surface area contributed by atoms with Gasteiger partial charge in [-0.15, -0.1) is 0 Å². The third kappa shape index (κ3) is 4.31. The van der Waals surface area contributed by atoms with Gasteiger partial charge in [-0.2, -0.15) is 5.10 Å². The number of aromatic amines is 1. The fraction of sp³-hybridized carbons (Fsp3) is 0.368. The maximum atomic E-state index is 11.9. The second-order valence-corrected chi connectivity index (χ2v) is 5.95. The third-order valence-corrected chi connectivity index (χ3v) is 4.26. The molecule has 1 aliphatic carbocycles. The Kier molecular flexibility index (Phi) is 5.25. The van der Waals surface area contributed by atoms with E-state index in [0.29, 0.717) is 13.0 Å². The molecule has 0 spiro atoms. The number of rotatable bonds is 6. The normalized spacial score (nSPS) is 13.9. The number of fused-ring (bicyclic) bond motifs is 1. The van der Waals surface area contributed by atoms with E-state index < -0.39 is 0 Å². The highest BCUT2D eigenvalue weighted by atomic mass is 16.1. The van der Waals surface area contributed by atoms with Crippen LogP contribution in [0, 0.1) is 0 Å². The highest BCUT2D eigenvalue weighted by molar-refractivity contribution is 5.76. The van der Waals surface area contributed by atoms with E-state index in [1.165, 1.54) is 24.1 Å². The van der Waals surface area contributed by atoms with E-state index in [0.717, 1.165) is 30.5 Å². The Morgan fingerprint density at radius 1 is 1.22 bits per heavy atom. The summed E-state index contributed by atoms with van der Waals surface area (Å²) in [7, 11) is 0. The van der Waals surface area contributed by atoms with Crippen LogP contribution in [0.15, 0.2) is 36.4 Å². The van der Waals surface area contributed by atoms with Gasteiger partial charge >= 0.3 is 0 Å². The van der Waals surface area contributed by atoms with Gasteiger partial charge in [0, 0.05) is 25.1 Å². The zero-order chi connectivity index (χ0) is 15.9. The largest absolute Gasteiger partial charge is 0.353 e. The first-order valence-corrected chi connectivity index (χ1v) is 8.36. The third-order valence-electron chi connectivity index (χ3n) is 4.26. The molecule has 1 aromatic heterocycles. The van der Waals surface area contributed by atoms with E-state index in [4.69, 9.17) is 0 Å². The van der Waals surface area contributed by atoms with Crippen LogP contribution in [0.2, 0.25) is 0 Å². The van der Waals surface area contributed by atoms with Gasteiger partial charge in [0.15, 0.2) is 0 Å². The van der Waals surface area contributed by atoms with Crippen molar-refractivity contribution in [3.8, 4) is 0 Å². The van der Waals surface area contributed by atoms with E-state index in [2.05, 4.69) is 15.5 Å². The van der Waals surface area contributed by atoms with Gasteiger partial charge < -0.3 is 5.32 Å². The minimum Gasteiger partial charge on any atom is -0.353 e. The Balaban J connectivity index is 1.41. The molecule has 0 saturated carbocycles. The van der Waals surface area contributed by atoms with Gasteiger partial charge in [-0.05, 0) is 36.8 Å². The quantitative estimate of drug-likeness (QED) is 0.861. The van der Waals surface area contributed by atoms with Crippen molar-refractivity contribution in [1.82, 2.24) is 15.5 Å². The van der Waals surface area contributed by atoms with Gasteiger partial charge in [0.25, 0.3) is 0 Å². The summed E-state index contributed by atoms with van der Waals surface area (Å²) in [5, 5.41) is 10.4. The zero-order valence-electron chi connectivity index (χ0n) is 13.3. The molecule has 0 fully saturated rings. The van der Waals surface area contributed by atoms with E-state index in [-0.39, 0.29) is 5.91 Å². The van der Waals surface area contributed by atoms with Crippen molar-refractivity contribution in [2.24, 2.45) is 0 Å². The van der Waals surface area contributed by atoms with Crippen LogP contribution in [-0.4, -0.2) is 22.6 Å². The molecule has 0 radical (unpaired) electrons. The van der Waals surface area contributed by atoms with Crippen LogP contribution in [0.25, 0.3) is 6.08 Å². The van der Waals surface area contributed by atoms with E-state index in [9.17, 15) is 4.79 Å². The lowest BCUT2D eigenvalue weighted by Crippen LogP contribution is -2.23. The van der Waals surface area contributed by atoms with Crippen molar-refractivity contribution in [3.05, 3.63) is 58.9 Å². The molecule has 3 rings (SSSR count). The maximum Gasteiger partial charge on any atom is 0.220 e. The summed E-state index contributed by atoms with van der Waals surface area (Å²) >= 11 is 0. The van der Waals surface area contributed by atoms with Gasteiger partial charge in [0.1, 0.15) is 0 Å². The molecule has 4 nitrogen and oxygen atoms in total. The zero-order valence-corrected chi connectivity index (χ0v) is 13.3.